The van der Waals surface area contributed by atoms with Gasteiger partial charge in [-0.2, -0.15) is 0 Å². The number of pyridine rings is 1. The fourth-order valence-corrected chi connectivity index (χ4v) is 5.87. The highest BCUT2D eigenvalue weighted by atomic mass is 35.5. The van der Waals surface area contributed by atoms with E-state index >= 15 is 0 Å². The van der Waals surface area contributed by atoms with Crippen molar-refractivity contribution in [2.24, 2.45) is 0 Å². The third-order valence-electron chi connectivity index (χ3n) is 6.97. The summed E-state index contributed by atoms with van der Waals surface area (Å²) in [5, 5.41) is 1.70. The molecule has 3 aromatic rings. The van der Waals surface area contributed by atoms with Crippen LogP contribution >= 0.6 is 23.2 Å². The van der Waals surface area contributed by atoms with Crippen LogP contribution in [0.1, 0.15) is 46.9 Å². The van der Waals surface area contributed by atoms with Gasteiger partial charge in [-0.15, -0.1) is 0 Å². The molecule has 1 aromatic carbocycles. The third kappa shape index (κ3) is 3.89. The Morgan fingerprint density at radius 1 is 1.24 bits per heavy atom. The molecule has 7 nitrogen and oxygen atoms in total. The zero-order valence-electron chi connectivity index (χ0n) is 19.2. The Kier molecular flexibility index (Phi) is 6.35. The summed E-state index contributed by atoms with van der Waals surface area (Å²) in [7, 11) is 0. The van der Waals surface area contributed by atoms with Crippen molar-refractivity contribution >= 4 is 45.8 Å². The Morgan fingerprint density at radius 3 is 2.74 bits per heavy atom. The number of anilines is 1. The van der Waals surface area contributed by atoms with Crippen LogP contribution in [0.25, 0.3) is 11.0 Å². The van der Waals surface area contributed by atoms with Gasteiger partial charge in [-0.3, -0.25) is 9.59 Å². The zero-order chi connectivity index (χ0) is 24.0. The molecule has 5 rings (SSSR count). The predicted octanol–water partition coefficient (Wildman–Crippen LogP) is 4.94. The fraction of sp³-hybridized carbons (Fsp3) is 0.440. The van der Waals surface area contributed by atoms with Crippen molar-refractivity contribution in [1.82, 2.24) is 9.88 Å². The van der Waals surface area contributed by atoms with Crippen LogP contribution in [0, 0.1) is 6.92 Å². The highest BCUT2D eigenvalue weighted by Gasteiger charge is 2.33. The minimum atomic E-state index is -0.223. The normalized spacial score (nSPS) is 16.8. The number of hydrogen-bond acceptors (Lipinski definition) is 5. The maximum atomic E-state index is 13.7. The van der Waals surface area contributed by atoms with Crippen LogP contribution in [0.5, 0.6) is 0 Å². The van der Waals surface area contributed by atoms with E-state index in [0.29, 0.717) is 58.6 Å². The third-order valence-corrected chi connectivity index (χ3v) is 7.69. The minimum Gasteiger partial charge on any atom is -0.463 e. The van der Waals surface area contributed by atoms with Gasteiger partial charge in [0.25, 0.3) is 11.5 Å². The molecule has 180 valence electrons. The van der Waals surface area contributed by atoms with Gasteiger partial charge in [0.1, 0.15) is 0 Å². The molecule has 1 fully saturated rings. The number of ether oxygens (including phenoxy) is 1. The molecule has 2 aliphatic heterocycles. The Balaban J connectivity index is 1.52. The first-order valence-electron chi connectivity index (χ1n) is 11.6. The first-order valence-corrected chi connectivity index (χ1v) is 12.4. The Hall–Kier alpha value is -2.48. The average molecular weight is 504 g/mol. The zero-order valence-corrected chi connectivity index (χ0v) is 20.8. The molecule has 0 aliphatic carbocycles. The summed E-state index contributed by atoms with van der Waals surface area (Å²) in [4.78, 5) is 33.2. The molecule has 34 heavy (non-hydrogen) atoms. The van der Waals surface area contributed by atoms with Crippen LogP contribution in [-0.4, -0.2) is 48.1 Å². The van der Waals surface area contributed by atoms with Gasteiger partial charge < -0.3 is 23.9 Å². The molecule has 4 heterocycles. The van der Waals surface area contributed by atoms with Gasteiger partial charge in [0.2, 0.25) is 0 Å². The van der Waals surface area contributed by atoms with Crippen molar-refractivity contribution in [2.45, 2.75) is 45.7 Å². The summed E-state index contributed by atoms with van der Waals surface area (Å²) in [5.74, 6) is -0.213. The van der Waals surface area contributed by atoms with Gasteiger partial charge in [-0.1, -0.05) is 23.2 Å². The molecule has 1 saturated heterocycles. The predicted molar refractivity (Wildman–Crippen MR) is 133 cm³/mol. The molecule has 1 amide bonds. The number of aryl methyl sites for hydroxylation is 1. The maximum absolute atomic E-state index is 13.7. The van der Waals surface area contributed by atoms with Crippen LogP contribution in [0.15, 0.2) is 27.6 Å². The van der Waals surface area contributed by atoms with Crippen molar-refractivity contribution in [3.63, 3.8) is 0 Å². The summed E-state index contributed by atoms with van der Waals surface area (Å²) < 4.78 is 11.1. The van der Waals surface area contributed by atoms with E-state index in [2.05, 4.69) is 16.8 Å². The van der Waals surface area contributed by atoms with Crippen molar-refractivity contribution in [1.29, 1.82) is 0 Å². The van der Waals surface area contributed by atoms with Crippen LogP contribution in [0.4, 0.5) is 5.69 Å². The molecule has 0 bridgehead atoms. The summed E-state index contributed by atoms with van der Waals surface area (Å²) in [5.41, 5.74) is 3.55. The highest BCUT2D eigenvalue weighted by Crippen LogP contribution is 2.41. The number of amides is 1. The van der Waals surface area contributed by atoms with Crippen LogP contribution in [0.3, 0.4) is 0 Å². The molecular formula is C25H27Cl2N3O4. The second-order valence-electron chi connectivity index (χ2n) is 8.87. The van der Waals surface area contributed by atoms with E-state index < -0.39 is 0 Å². The van der Waals surface area contributed by atoms with Crippen molar-refractivity contribution in [2.75, 3.05) is 31.2 Å². The lowest BCUT2D eigenvalue weighted by atomic mass is 9.96. The first kappa shape index (κ1) is 23.3. The summed E-state index contributed by atoms with van der Waals surface area (Å²) >= 11 is 13.6. The van der Waals surface area contributed by atoms with E-state index in [4.69, 9.17) is 32.4 Å². The van der Waals surface area contributed by atoms with Gasteiger partial charge in [0.15, 0.2) is 5.58 Å². The largest absolute Gasteiger partial charge is 0.463 e. The molecule has 0 radical (unpaired) electrons. The average Bonchev–Trinajstić information content (AvgIpc) is 3.32. The van der Waals surface area contributed by atoms with Gasteiger partial charge in [-0.25, -0.2) is 0 Å². The van der Waals surface area contributed by atoms with Crippen LogP contribution in [-0.2, 0) is 17.7 Å². The van der Waals surface area contributed by atoms with E-state index in [-0.39, 0.29) is 24.1 Å². The Labute approximate surface area is 207 Å². The number of furan rings is 1. The second-order valence-corrected chi connectivity index (χ2v) is 9.66. The van der Waals surface area contributed by atoms with Gasteiger partial charge in [0, 0.05) is 48.3 Å². The number of nitrogens with zero attached hydrogens (tertiary/aromatic N) is 2. The summed E-state index contributed by atoms with van der Waals surface area (Å²) in [6.07, 6.45) is 3.92. The molecule has 0 unspecified atom stereocenters. The van der Waals surface area contributed by atoms with Crippen LogP contribution in [0.2, 0.25) is 10.0 Å². The number of aromatic nitrogens is 1. The van der Waals surface area contributed by atoms with E-state index in [1.54, 1.807) is 24.2 Å². The molecule has 0 atom stereocenters. The molecule has 2 aromatic heterocycles. The minimum absolute atomic E-state index is 0.166. The van der Waals surface area contributed by atoms with E-state index in [1.807, 2.05) is 6.07 Å². The summed E-state index contributed by atoms with van der Waals surface area (Å²) in [6, 6.07) is 3.94. The van der Waals surface area contributed by atoms with E-state index in [1.165, 1.54) is 0 Å². The number of aromatic amines is 1. The topological polar surface area (TPSA) is 78.8 Å². The SMILES string of the molecule is CCN(c1cc(Cl)c2c(c1Cl)C(=O)N(Cc1c(=O)[nH]c(C)c3occc13)CC2)C1CCOCC1. The molecule has 9 heteroatoms. The molecule has 1 N–H and O–H groups in total. The van der Waals surface area contributed by atoms with E-state index in [9.17, 15) is 9.59 Å². The van der Waals surface area contributed by atoms with Gasteiger partial charge in [-0.05, 0) is 50.8 Å². The lowest BCUT2D eigenvalue weighted by Gasteiger charge is -2.37. The first-order chi connectivity index (χ1) is 16.4. The molecule has 0 spiro atoms. The Bertz CT molecular complexity index is 1310. The Morgan fingerprint density at radius 2 is 2.00 bits per heavy atom. The molecule has 2 aliphatic rings. The highest BCUT2D eigenvalue weighted by molar-refractivity contribution is 6.39. The lowest BCUT2D eigenvalue weighted by Crippen LogP contribution is -2.41. The molecule has 0 saturated carbocycles. The second kappa shape index (κ2) is 9.29. The van der Waals surface area contributed by atoms with Crippen molar-refractivity contribution in [3.8, 4) is 0 Å². The smallest absolute Gasteiger partial charge is 0.256 e. The number of H-pyrrole nitrogens is 1. The lowest BCUT2D eigenvalue weighted by molar-refractivity contribution is 0.0727. The number of fused-ring (bicyclic) bond motifs is 2. The number of hydrogen-bond donors (Lipinski definition) is 1. The number of halogens is 2. The number of rotatable bonds is 5. The van der Waals surface area contributed by atoms with Gasteiger partial charge >= 0.3 is 0 Å². The van der Waals surface area contributed by atoms with Gasteiger partial charge in [0.05, 0.1) is 34.8 Å². The number of carbonyl (C=O) groups excluding carboxylic acids is 1. The van der Waals surface area contributed by atoms with Crippen molar-refractivity contribution in [3.05, 3.63) is 61.2 Å². The van der Waals surface area contributed by atoms with Crippen LogP contribution < -0.4 is 10.5 Å². The number of nitrogens with one attached hydrogen (secondary N) is 1. The maximum Gasteiger partial charge on any atom is 0.256 e. The standard InChI is InChI=1S/C25H27Cl2N3O4/c1-3-30(15-5-9-33-10-6-15)20-12-19(26)17-4-8-29(25(32)21(17)22(20)27)13-18-16-7-11-34-23(16)14(2)28-24(18)31/h7,11-12,15H,3-6,8-10,13H2,1-2H3,(H,28,31). The number of benzene rings is 1. The summed E-state index contributed by atoms with van der Waals surface area (Å²) in [6.45, 7) is 6.64. The molecular weight excluding hydrogens is 477 g/mol. The quantitative estimate of drug-likeness (QED) is 0.533. The van der Waals surface area contributed by atoms with E-state index in [0.717, 1.165) is 36.0 Å². The number of carbonyl (C=O) groups is 1. The fourth-order valence-electron chi connectivity index (χ4n) is 5.22. The monoisotopic (exact) mass is 503 g/mol. The van der Waals surface area contributed by atoms with Crippen molar-refractivity contribution < 1.29 is 13.9 Å².